The molecule has 1 aromatic carbocycles. The van der Waals surface area contributed by atoms with Crippen molar-refractivity contribution in [3.63, 3.8) is 0 Å². The van der Waals surface area contributed by atoms with Gasteiger partial charge in [0.2, 0.25) is 0 Å². The zero-order valence-corrected chi connectivity index (χ0v) is 16.2. The van der Waals surface area contributed by atoms with Crippen LogP contribution in [0.1, 0.15) is 57.7 Å². The van der Waals surface area contributed by atoms with E-state index >= 15 is 0 Å². The number of rotatable bonds is 9. The molecule has 3 heteroatoms. The minimum absolute atomic E-state index is 0.506. The third-order valence-corrected chi connectivity index (χ3v) is 5.24. The zero-order chi connectivity index (χ0) is 17.4. The SMILES string of the molecule is CCCN(CCC)CC(c1ccc(CC)cc1)N1CCNCC1C. The molecule has 0 bridgehead atoms. The van der Waals surface area contributed by atoms with E-state index in [-0.39, 0.29) is 0 Å². The predicted molar refractivity (Wildman–Crippen MR) is 105 cm³/mol. The minimum Gasteiger partial charge on any atom is -0.314 e. The molecule has 1 heterocycles. The van der Waals surface area contributed by atoms with Crippen LogP contribution in [0, 0.1) is 0 Å². The summed E-state index contributed by atoms with van der Waals surface area (Å²) in [6, 6.07) is 10.5. The van der Waals surface area contributed by atoms with Crippen molar-refractivity contribution in [2.45, 2.75) is 59.0 Å². The zero-order valence-electron chi connectivity index (χ0n) is 16.2. The van der Waals surface area contributed by atoms with Crippen molar-refractivity contribution >= 4 is 0 Å². The normalized spacial score (nSPS) is 20.5. The lowest BCUT2D eigenvalue weighted by molar-refractivity contribution is 0.0840. The molecule has 0 amide bonds. The molecule has 3 nitrogen and oxygen atoms in total. The van der Waals surface area contributed by atoms with Crippen molar-refractivity contribution in [1.29, 1.82) is 0 Å². The van der Waals surface area contributed by atoms with Gasteiger partial charge < -0.3 is 10.2 Å². The van der Waals surface area contributed by atoms with Gasteiger partial charge in [-0.1, -0.05) is 45.0 Å². The van der Waals surface area contributed by atoms with Gasteiger partial charge in [-0.05, 0) is 50.4 Å². The molecular weight excluding hydrogens is 294 g/mol. The standard InChI is InChI=1S/C21H37N3/c1-5-13-23(14-6-2)17-21(24-15-12-22-16-18(24)4)20-10-8-19(7-3)9-11-20/h8-11,18,21-22H,5-7,12-17H2,1-4H3. The van der Waals surface area contributed by atoms with E-state index in [4.69, 9.17) is 0 Å². The second-order valence-electron chi connectivity index (χ2n) is 7.20. The highest BCUT2D eigenvalue weighted by atomic mass is 15.3. The van der Waals surface area contributed by atoms with Crippen LogP contribution >= 0.6 is 0 Å². The fraction of sp³-hybridized carbons (Fsp3) is 0.714. The first-order chi connectivity index (χ1) is 11.7. The number of aryl methyl sites for hydroxylation is 1. The summed E-state index contributed by atoms with van der Waals surface area (Å²) in [5.74, 6) is 0. The maximum atomic E-state index is 3.54. The Balaban J connectivity index is 2.21. The van der Waals surface area contributed by atoms with E-state index in [0.29, 0.717) is 12.1 Å². The Hall–Kier alpha value is -0.900. The highest BCUT2D eigenvalue weighted by molar-refractivity contribution is 5.26. The van der Waals surface area contributed by atoms with Crippen LogP contribution in [-0.4, -0.2) is 55.1 Å². The Morgan fingerprint density at radius 3 is 2.33 bits per heavy atom. The maximum absolute atomic E-state index is 3.54. The van der Waals surface area contributed by atoms with Gasteiger partial charge in [-0.2, -0.15) is 0 Å². The van der Waals surface area contributed by atoms with Crippen molar-refractivity contribution in [2.75, 3.05) is 39.3 Å². The Bertz CT molecular complexity index is 451. The van der Waals surface area contributed by atoms with Gasteiger partial charge in [-0.25, -0.2) is 0 Å². The average molecular weight is 332 g/mol. The van der Waals surface area contributed by atoms with Gasteiger partial charge in [0.05, 0.1) is 0 Å². The van der Waals surface area contributed by atoms with Crippen molar-refractivity contribution in [2.24, 2.45) is 0 Å². The first kappa shape index (κ1) is 19.4. The van der Waals surface area contributed by atoms with Gasteiger partial charge in [-0.15, -0.1) is 0 Å². The third kappa shape index (κ3) is 5.30. The molecule has 0 aliphatic carbocycles. The monoisotopic (exact) mass is 331 g/mol. The van der Waals surface area contributed by atoms with Crippen LogP contribution < -0.4 is 5.32 Å². The van der Waals surface area contributed by atoms with Gasteiger partial charge in [0.25, 0.3) is 0 Å². The molecule has 2 rings (SSSR count). The molecule has 2 unspecified atom stereocenters. The summed E-state index contributed by atoms with van der Waals surface area (Å²) in [5.41, 5.74) is 2.92. The minimum atomic E-state index is 0.506. The van der Waals surface area contributed by atoms with Gasteiger partial charge in [0.15, 0.2) is 0 Å². The lowest BCUT2D eigenvalue weighted by Crippen LogP contribution is -2.53. The number of benzene rings is 1. The van der Waals surface area contributed by atoms with Crippen molar-refractivity contribution in [1.82, 2.24) is 15.1 Å². The third-order valence-electron chi connectivity index (χ3n) is 5.24. The van der Waals surface area contributed by atoms with E-state index in [1.165, 1.54) is 37.1 Å². The molecule has 1 saturated heterocycles. The van der Waals surface area contributed by atoms with Crippen molar-refractivity contribution in [3.05, 3.63) is 35.4 Å². The summed E-state index contributed by atoms with van der Waals surface area (Å²) in [4.78, 5) is 5.38. The van der Waals surface area contributed by atoms with Crippen LogP contribution in [0.15, 0.2) is 24.3 Å². The molecule has 0 saturated carbocycles. The Labute approximate surface area is 149 Å². The Morgan fingerprint density at radius 1 is 1.12 bits per heavy atom. The Morgan fingerprint density at radius 2 is 1.79 bits per heavy atom. The van der Waals surface area contributed by atoms with Crippen LogP contribution in [0.3, 0.4) is 0 Å². The molecule has 1 aliphatic heterocycles. The summed E-state index contributed by atoms with van der Waals surface area (Å²) in [6.07, 6.45) is 3.59. The van der Waals surface area contributed by atoms with E-state index < -0.39 is 0 Å². The number of piperazine rings is 1. The van der Waals surface area contributed by atoms with E-state index in [1.807, 2.05) is 0 Å². The van der Waals surface area contributed by atoms with Gasteiger partial charge in [0.1, 0.15) is 0 Å². The van der Waals surface area contributed by atoms with Crippen LogP contribution in [0.2, 0.25) is 0 Å². The fourth-order valence-electron chi connectivity index (χ4n) is 3.87. The molecule has 1 N–H and O–H groups in total. The second kappa shape index (κ2) is 10.2. The molecular formula is C21H37N3. The summed E-state index contributed by atoms with van der Waals surface area (Å²) in [7, 11) is 0. The van der Waals surface area contributed by atoms with Gasteiger partial charge in [-0.3, -0.25) is 4.90 Å². The molecule has 1 aliphatic rings. The fourth-order valence-corrected chi connectivity index (χ4v) is 3.87. The number of hydrogen-bond donors (Lipinski definition) is 1. The molecule has 24 heavy (non-hydrogen) atoms. The van der Waals surface area contributed by atoms with Crippen LogP contribution in [0.4, 0.5) is 0 Å². The number of hydrogen-bond acceptors (Lipinski definition) is 3. The van der Waals surface area contributed by atoms with Crippen molar-refractivity contribution in [3.8, 4) is 0 Å². The van der Waals surface area contributed by atoms with E-state index in [9.17, 15) is 0 Å². The predicted octanol–water partition coefficient (Wildman–Crippen LogP) is 3.71. The summed E-state index contributed by atoms with van der Waals surface area (Å²) in [6.45, 7) is 16.1. The molecule has 2 atom stereocenters. The summed E-state index contributed by atoms with van der Waals surface area (Å²) < 4.78 is 0. The average Bonchev–Trinajstić information content (AvgIpc) is 2.61. The highest BCUT2D eigenvalue weighted by Gasteiger charge is 2.28. The van der Waals surface area contributed by atoms with E-state index in [1.54, 1.807) is 0 Å². The highest BCUT2D eigenvalue weighted by Crippen LogP contribution is 2.26. The second-order valence-corrected chi connectivity index (χ2v) is 7.20. The Kier molecular flexibility index (Phi) is 8.23. The maximum Gasteiger partial charge on any atom is 0.0479 e. The first-order valence-electron chi connectivity index (χ1n) is 9.97. The topological polar surface area (TPSA) is 18.5 Å². The molecule has 0 spiro atoms. The summed E-state index contributed by atoms with van der Waals surface area (Å²) in [5, 5.41) is 3.54. The largest absolute Gasteiger partial charge is 0.314 e. The van der Waals surface area contributed by atoms with Crippen LogP contribution in [-0.2, 0) is 6.42 Å². The lowest BCUT2D eigenvalue weighted by atomic mass is 9.99. The quantitative estimate of drug-likeness (QED) is 0.744. The molecule has 1 aromatic rings. The van der Waals surface area contributed by atoms with Crippen LogP contribution in [0.25, 0.3) is 0 Å². The molecule has 0 radical (unpaired) electrons. The number of nitrogens with zero attached hydrogens (tertiary/aromatic N) is 2. The lowest BCUT2D eigenvalue weighted by Gasteiger charge is -2.42. The molecule has 1 fully saturated rings. The number of nitrogens with one attached hydrogen (secondary N) is 1. The summed E-state index contributed by atoms with van der Waals surface area (Å²) >= 11 is 0. The molecule has 0 aromatic heterocycles. The van der Waals surface area contributed by atoms with Crippen LogP contribution in [0.5, 0.6) is 0 Å². The van der Waals surface area contributed by atoms with Crippen molar-refractivity contribution < 1.29 is 0 Å². The van der Waals surface area contributed by atoms with Gasteiger partial charge >= 0.3 is 0 Å². The molecule has 136 valence electrons. The first-order valence-corrected chi connectivity index (χ1v) is 9.97. The smallest absolute Gasteiger partial charge is 0.0479 e. The van der Waals surface area contributed by atoms with Gasteiger partial charge in [0, 0.05) is 38.3 Å². The van der Waals surface area contributed by atoms with E-state index in [0.717, 1.165) is 32.6 Å². The van der Waals surface area contributed by atoms with E-state index in [2.05, 4.69) is 67.1 Å².